The Labute approximate surface area is 359 Å². The van der Waals surface area contributed by atoms with Gasteiger partial charge in [0.15, 0.2) is 18.1 Å². The van der Waals surface area contributed by atoms with Crippen molar-refractivity contribution in [2.75, 3.05) is 39.8 Å². The molecule has 0 aromatic rings. The molecule has 4 heterocycles. The summed E-state index contributed by atoms with van der Waals surface area (Å²) in [6.45, 7) is 7.14. The van der Waals surface area contributed by atoms with E-state index in [2.05, 4.69) is 44.4 Å². The van der Waals surface area contributed by atoms with Crippen LogP contribution in [-0.2, 0) is 55.1 Å². The van der Waals surface area contributed by atoms with Gasteiger partial charge in [-0.25, -0.2) is 31.6 Å². The molecule has 4 N–H and O–H groups in total. The van der Waals surface area contributed by atoms with E-state index in [4.69, 9.17) is 20.9 Å². The van der Waals surface area contributed by atoms with Gasteiger partial charge in [-0.05, 0) is 76.0 Å². The summed E-state index contributed by atoms with van der Waals surface area (Å²) in [5, 5.41) is 20.8. The maximum Gasteiger partial charge on any atom is 0.329 e. The molecule has 2 amide bonds. The molecule has 4 aliphatic heterocycles. The van der Waals surface area contributed by atoms with Crippen molar-refractivity contribution in [1.29, 1.82) is 0 Å². The first-order valence-electron chi connectivity index (χ1n) is 17.6. The molecule has 27 heteroatoms. The number of rotatable bonds is 10. The van der Waals surface area contributed by atoms with Crippen LogP contribution in [-0.4, -0.2) is 158 Å². The first-order valence-corrected chi connectivity index (χ1v) is 25.8. The highest BCUT2D eigenvalue weighted by Gasteiger charge is 2.46. The van der Waals surface area contributed by atoms with E-state index >= 15 is 0 Å². The summed E-state index contributed by atoms with van der Waals surface area (Å²) in [7, 11) is 2.36. The number of amides is 2. The first kappa shape index (κ1) is 50.5. The van der Waals surface area contributed by atoms with Crippen LogP contribution in [0.1, 0.15) is 35.1 Å². The van der Waals surface area contributed by atoms with Gasteiger partial charge in [0.2, 0.25) is 20.0 Å². The Balaban J connectivity index is 0.000000296. The number of carbonyl (C=O) groups is 2. The minimum absolute atomic E-state index is 0. The van der Waals surface area contributed by atoms with Gasteiger partial charge >= 0.3 is 7.52 Å². The van der Waals surface area contributed by atoms with Crippen LogP contribution >= 0.6 is 13.9 Å². The zero-order valence-corrected chi connectivity index (χ0v) is 37.5. The third-order valence-corrected chi connectivity index (χ3v) is 15.9. The van der Waals surface area contributed by atoms with Crippen LogP contribution < -0.4 is 9.44 Å². The van der Waals surface area contributed by atoms with Gasteiger partial charge in [-0.3, -0.25) is 23.6 Å². The number of nitrogens with zero attached hydrogens (tertiary/aromatic N) is 6. The monoisotopic (exact) mass is 921 g/mol. The zero-order valence-electron chi connectivity index (χ0n) is 33.3. The second-order valence-corrected chi connectivity index (χ2v) is 22.7. The summed E-state index contributed by atoms with van der Waals surface area (Å²) in [6.07, 6.45) is 8.32. The van der Waals surface area contributed by atoms with Crippen molar-refractivity contribution in [1.82, 2.24) is 19.2 Å². The summed E-state index contributed by atoms with van der Waals surface area (Å²) in [4.78, 5) is 36.5. The Morgan fingerprint density at radius 2 is 1.17 bits per heavy atom. The Kier molecular flexibility index (Phi) is 16.4. The number of amidine groups is 2. The van der Waals surface area contributed by atoms with Crippen LogP contribution in [0.15, 0.2) is 90.0 Å². The highest BCUT2D eigenvalue weighted by atomic mass is 32.4. The van der Waals surface area contributed by atoms with Crippen molar-refractivity contribution in [3.63, 3.8) is 0 Å². The molecule has 0 spiro atoms. The number of aliphatic hydroxyl groups excluding tert-OH is 2. The maximum absolute atomic E-state index is 13.5. The van der Waals surface area contributed by atoms with Crippen LogP contribution in [0.3, 0.4) is 0 Å². The van der Waals surface area contributed by atoms with E-state index in [1.54, 1.807) is 53.0 Å². The third-order valence-electron chi connectivity index (χ3n) is 9.01. The lowest BCUT2D eigenvalue weighted by molar-refractivity contribution is -0.125. The van der Waals surface area contributed by atoms with Crippen LogP contribution in [0.5, 0.6) is 0 Å². The number of fused-ring (bicyclic) bond motifs is 2. The number of carbonyl (C=O) groups excluding carboxylic acids is 2. The average molecular weight is 921 g/mol. The molecule has 0 bridgehead atoms. The Bertz CT molecular complexity index is 2280. The summed E-state index contributed by atoms with van der Waals surface area (Å²) < 4.78 is 84.1. The molecule has 0 aromatic carbocycles. The molecule has 19 nitrogen and oxygen atoms in total. The standard InChI is InChI=1S/C16H21N4O6PS.C16H21N4O5PS2.CH4.B3/c1-5-26-27(23)12-8-10(19-28(4,24)25)6-7-11(12)17-15(18-27)13-14(21)9(2)20(3)16(13)22;1-5-25-26(27)12-8-10(19-28(4,23)24)6-7-11(12)17-15(18-26)13-14(21)9(2)20(3)16(13)22;;1-3-2/h2*6-9,12,19,21H,5H2,1-4H3;1H4;. The highest BCUT2D eigenvalue weighted by molar-refractivity contribution is 8.12. The van der Waals surface area contributed by atoms with Gasteiger partial charge in [-0.1, -0.05) is 7.43 Å². The number of allylic oxidation sites excluding steroid dienone is 6. The van der Waals surface area contributed by atoms with E-state index in [1.807, 2.05) is 0 Å². The molecule has 0 saturated heterocycles. The van der Waals surface area contributed by atoms with E-state index in [-0.39, 0.29) is 60.0 Å². The largest absolute Gasteiger partial charge is 0.509 e. The number of aliphatic hydroxyl groups is 2. The van der Waals surface area contributed by atoms with Gasteiger partial charge in [0.1, 0.15) is 28.3 Å². The van der Waals surface area contributed by atoms with E-state index in [0.717, 1.165) is 19.6 Å². The molecule has 2 aliphatic carbocycles. The van der Waals surface area contributed by atoms with E-state index < -0.39 is 63.3 Å². The minimum Gasteiger partial charge on any atom is -0.509 e. The van der Waals surface area contributed by atoms with Crippen molar-refractivity contribution >= 4 is 103 Å². The number of hydrogen-bond donors (Lipinski definition) is 4. The topological polar surface area (TPSA) is 258 Å². The lowest BCUT2D eigenvalue weighted by Gasteiger charge is -2.31. The van der Waals surface area contributed by atoms with Gasteiger partial charge < -0.3 is 29.1 Å². The molecular weight excluding hydrogens is 875 g/mol. The third kappa shape index (κ3) is 11.0. The molecule has 5 radical (unpaired) electrons. The number of hydrogen-bond acceptors (Lipinski definition) is 14. The summed E-state index contributed by atoms with van der Waals surface area (Å²) in [6, 6.07) is -1.04. The van der Waals surface area contributed by atoms with Crippen LogP contribution in [0.4, 0.5) is 0 Å². The minimum atomic E-state index is -3.77. The number of aliphatic imine (C=N–C) groups is 2. The molecule has 6 rings (SSSR count). The molecule has 0 saturated carbocycles. The quantitative estimate of drug-likeness (QED) is 0.181. The van der Waals surface area contributed by atoms with Crippen LogP contribution in [0.2, 0.25) is 0 Å². The molecule has 60 heavy (non-hydrogen) atoms. The Hall–Kier alpha value is -3.85. The van der Waals surface area contributed by atoms with Crippen LogP contribution in [0, 0.1) is 0 Å². The smallest absolute Gasteiger partial charge is 0.329 e. The fraction of sp³-hybridized carbons (Fsp3) is 0.455. The molecule has 0 aromatic heterocycles. The fourth-order valence-electron chi connectivity index (χ4n) is 6.07. The van der Waals surface area contributed by atoms with Crippen molar-refractivity contribution < 1.29 is 50.3 Å². The van der Waals surface area contributed by atoms with E-state index in [9.17, 15) is 41.2 Å². The number of likely N-dealkylation sites (N-methyl/N-ethyl adjacent to an activating group) is 2. The first-order chi connectivity index (χ1) is 27.3. The summed E-state index contributed by atoms with van der Waals surface area (Å²) in [5.41, 5.74) is -0.142. The molecule has 6 unspecified atom stereocenters. The second kappa shape index (κ2) is 19.5. The maximum atomic E-state index is 13.5. The molecule has 6 aliphatic rings. The molecule has 6 atom stereocenters. The van der Waals surface area contributed by atoms with Crippen molar-refractivity contribution in [3.05, 3.63) is 70.5 Å². The SMILES string of the molecule is C.CCOP1(=O)N=C(C2=C(O)C(C)N(C)C2=O)N=C2C=CC(NS(C)(=O)=O)=CC21.CCOP1(=S)N=C(C2=C(O)C(C)N(C)C2=O)N=C2C=CC(NS(C)(=O)=O)=CC21.[B][B][B]. The number of sulfonamides is 2. The zero-order chi connectivity index (χ0) is 44.4. The van der Waals surface area contributed by atoms with E-state index in [1.165, 1.54) is 35.1 Å². The van der Waals surface area contributed by atoms with Crippen molar-refractivity contribution in [2.45, 2.75) is 58.5 Å². The highest BCUT2D eigenvalue weighted by Crippen LogP contribution is 2.59. The van der Waals surface area contributed by atoms with Gasteiger partial charge in [0, 0.05) is 48.0 Å². The molecule has 0 fully saturated rings. The molecule has 321 valence electrons. The van der Waals surface area contributed by atoms with Gasteiger partial charge in [-0.15, -0.1) is 0 Å². The fourth-order valence-corrected chi connectivity index (χ4v) is 12.2. The normalized spacial score (nSPS) is 28.3. The molecular formula is C33H46B3N8O11P2S3. The van der Waals surface area contributed by atoms with E-state index in [0.29, 0.717) is 23.7 Å². The Morgan fingerprint density at radius 3 is 1.53 bits per heavy atom. The second-order valence-electron chi connectivity index (χ2n) is 13.3. The Morgan fingerprint density at radius 1 is 0.783 bits per heavy atom. The van der Waals surface area contributed by atoms with Crippen LogP contribution in [0.25, 0.3) is 0 Å². The summed E-state index contributed by atoms with van der Waals surface area (Å²) >= 11 is 5.73. The lowest BCUT2D eigenvalue weighted by atomic mass is 9.40. The predicted molar refractivity (Wildman–Crippen MR) is 241 cm³/mol. The van der Waals surface area contributed by atoms with Gasteiger partial charge in [-0.2, -0.15) is 4.76 Å². The van der Waals surface area contributed by atoms with Crippen molar-refractivity contribution in [3.8, 4) is 0 Å². The van der Waals surface area contributed by atoms with Gasteiger partial charge in [0.25, 0.3) is 11.8 Å². The number of nitrogens with one attached hydrogen (secondary N) is 2. The summed E-state index contributed by atoms with van der Waals surface area (Å²) in [5.74, 6) is -1.28. The lowest BCUT2D eigenvalue weighted by Crippen LogP contribution is -2.32. The average Bonchev–Trinajstić information content (AvgIpc) is 3.44. The van der Waals surface area contributed by atoms with Gasteiger partial charge in [0.05, 0.1) is 54.9 Å². The predicted octanol–water partition coefficient (Wildman–Crippen LogP) is 1.84. The van der Waals surface area contributed by atoms with Crippen molar-refractivity contribution in [2.24, 2.45) is 19.5 Å².